The van der Waals surface area contributed by atoms with Crippen LogP contribution in [0.5, 0.6) is 0 Å². The van der Waals surface area contributed by atoms with Crippen LogP contribution in [0.25, 0.3) is 0 Å². The average Bonchev–Trinajstić information content (AvgIpc) is 2.51. The summed E-state index contributed by atoms with van der Waals surface area (Å²) in [5, 5.41) is 0. The molecular weight excluding hydrogens is 256 g/mol. The van der Waals surface area contributed by atoms with Crippen LogP contribution in [0.4, 0.5) is 0 Å². The topological polar surface area (TPSA) is 68.3 Å². The van der Waals surface area contributed by atoms with Crippen LogP contribution < -0.4 is 0 Å². The summed E-state index contributed by atoms with van der Waals surface area (Å²) in [5.74, 6) is -0.711. The lowest BCUT2D eigenvalue weighted by Gasteiger charge is -2.19. The Hall–Kier alpha value is -2.88. The molecule has 0 radical (unpaired) electrons. The van der Waals surface area contributed by atoms with Gasteiger partial charge < -0.3 is 0 Å². The zero-order chi connectivity index (χ0) is 14.3. The van der Waals surface area contributed by atoms with Gasteiger partial charge in [-0.2, -0.15) is 0 Å². The predicted octanol–water partition coefficient (Wildman–Crippen LogP) is 2.09. The quantitative estimate of drug-likeness (QED) is 0.664. The maximum Gasteiger partial charge on any atom is 0.195 e. The highest BCUT2D eigenvalue weighted by atomic mass is 16.1. The molecule has 0 aliphatic heterocycles. The van der Waals surface area contributed by atoms with Crippen LogP contribution in [0.1, 0.15) is 52.6 Å². The Kier molecular flexibility index (Phi) is 2.64. The average molecular weight is 264 g/mol. The predicted molar refractivity (Wildman–Crippen MR) is 70.5 cm³/mol. The number of benzene rings is 2. The fraction of sp³-hybridized carbons (Fsp3) is 0. The van der Waals surface area contributed by atoms with Crippen molar-refractivity contribution in [3.8, 4) is 0 Å². The number of rotatable bonds is 2. The van der Waals surface area contributed by atoms with Gasteiger partial charge in [-0.05, 0) is 6.07 Å². The van der Waals surface area contributed by atoms with E-state index in [1.807, 2.05) is 0 Å². The molecule has 0 fully saturated rings. The molecule has 0 amide bonds. The first-order chi connectivity index (χ1) is 9.69. The Bertz CT molecular complexity index is 787. The van der Waals surface area contributed by atoms with E-state index in [0.717, 1.165) is 0 Å². The van der Waals surface area contributed by atoms with Crippen molar-refractivity contribution in [2.75, 3.05) is 0 Å². The number of fused-ring (bicyclic) bond motifs is 2. The number of carbonyl (C=O) groups excluding carboxylic acids is 4. The monoisotopic (exact) mass is 264 g/mol. The van der Waals surface area contributed by atoms with Gasteiger partial charge in [0.05, 0.1) is 0 Å². The van der Waals surface area contributed by atoms with Crippen LogP contribution in [-0.4, -0.2) is 24.1 Å². The Labute approximate surface area is 114 Å². The summed E-state index contributed by atoms with van der Waals surface area (Å²) in [5.41, 5.74) is 0.858. The van der Waals surface area contributed by atoms with E-state index in [1.165, 1.54) is 12.1 Å². The third-order valence-corrected chi connectivity index (χ3v) is 3.41. The van der Waals surface area contributed by atoms with Gasteiger partial charge in [-0.25, -0.2) is 0 Å². The van der Waals surface area contributed by atoms with Gasteiger partial charge in [-0.3, -0.25) is 19.2 Å². The summed E-state index contributed by atoms with van der Waals surface area (Å²) in [6, 6.07) is 9.25. The molecular formula is C16H8O4. The van der Waals surface area contributed by atoms with Gasteiger partial charge in [-0.1, -0.05) is 30.3 Å². The van der Waals surface area contributed by atoms with Crippen molar-refractivity contribution in [1.29, 1.82) is 0 Å². The number of hydrogen-bond acceptors (Lipinski definition) is 4. The molecule has 0 heterocycles. The first-order valence-electron chi connectivity index (χ1n) is 5.95. The van der Waals surface area contributed by atoms with Crippen molar-refractivity contribution in [2.45, 2.75) is 0 Å². The third-order valence-electron chi connectivity index (χ3n) is 3.41. The highest BCUT2D eigenvalue weighted by Gasteiger charge is 2.32. The maximum absolute atomic E-state index is 12.5. The molecule has 2 aromatic rings. The molecule has 3 rings (SSSR count). The zero-order valence-electron chi connectivity index (χ0n) is 10.3. The normalized spacial score (nSPS) is 12.6. The van der Waals surface area contributed by atoms with Crippen LogP contribution in [0, 0.1) is 0 Å². The van der Waals surface area contributed by atoms with Crippen LogP contribution >= 0.6 is 0 Å². The summed E-state index contributed by atoms with van der Waals surface area (Å²) in [7, 11) is 0. The number of ketones is 2. The Morgan fingerprint density at radius 3 is 1.95 bits per heavy atom. The summed E-state index contributed by atoms with van der Waals surface area (Å²) < 4.78 is 0. The standard InChI is InChI=1S/C16H8O4/c17-7-9-5-6-12-14(13(9)8-18)16(20)11-4-2-1-3-10(11)15(12)19/h1-8H. The molecule has 20 heavy (non-hydrogen) atoms. The Balaban J connectivity index is 2.39. The zero-order valence-corrected chi connectivity index (χ0v) is 10.3. The minimum Gasteiger partial charge on any atom is -0.298 e. The molecule has 0 saturated carbocycles. The van der Waals surface area contributed by atoms with Crippen molar-refractivity contribution in [3.63, 3.8) is 0 Å². The van der Waals surface area contributed by atoms with Gasteiger partial charge in [0.25, 0.3) is 0 Å². The van der Waals surface area contributed by atoms with Crippen molar-refractivity contribution in [3.05, 3.63) is 69.8 Å². The van der Waals surface area contributed by atoms with E-state index in [4.69, 9.17) is 0 Å². The molecule has 0 spiro atoms. The van der Waals surface area contributed by atoms with E-state index in [0.29, 0.717) is 18.1 Å². The van der Waals surface area contributed by atoms with Gasteiger partial charge in [0.2, 0.25) is 0 Å². The second-order valence-corrected chi connectivity index (χ2v) is 4.43. The van der Waals surface area contributed by atoms with Gasteiger partial charge in [0, 0.05) is 33.4 Å². The van der Waals surface area contributed by atoms with Gasteiger partial charge >= 0.3 is 0 Å². The molecule has 96 valence electrons. The van der Waals surface area contributed by atoms with E-state index < -0.39 is 5.78 Å². The first kappa shape index (κ1) is 12.2. The molecule has 0 saturated heterocycles. The molecule has 4 nitrogen and oxygen atoms in total. The van der Waals surface area contributed by atoms with E-state index in [-0.39, 0.29) is 33.6 Å². The molecule has 1 aliphatic rings. The lowest BCUT2D eigenvalue weighted by Crippen LogP contribution is -2.23. The van der Waals surface area contributed by atoms with Crippen molar-refractivity contribution < 1.29 is 19.2 Å². The first-order valence-corrected chi connectivity index (χ1v) is 5.95. The maximum atomic E-state index is 12.5. The summed E-state index contributed by atoms with van der Waals surface area (Å²) in [6.45, 7) is 0. The van der Waals surface area contributed by atoms with E-state index in [1.54, 1.807) is 24.3 Å². The van der Waals surface area contributed by atoms with Gasteiger partial charge in [0.1, 0.15) is 0 Å². The smallest absolute Gasteiger partial charge is 0.195 e. The number of hydrogen-bond donors (Lipinski definition) is 0. The van der Waals surface area contributed by atoms with Gasteiger partial charge in [-0.15, -0.1) is 0 Å². The van der Waals surface area contributed by atoms with Crippen LogP contribution in [0.15, 0.2) is 36.4 Å². The second-order valence-electron chi connectivity index (χ2n) is 4.43. The SMILES string of the molecule is O=Cc1ccc2c(c1C=O)C(=O)c1ccccc1C2=O. The molecule has 0 bridgehead atoms. The van der Waals surface area contributed by atoms with Crippen LogP contribution in [0.2, 0.25) is 0 Å². The van der Waals surface area contributed by atoms with Crippen LogP contribution in [-0.2, 0) is 0 Å². The molecule has 0 aromatic heterocycles. The lowest BCUT2D eigenvalue weighted by atomic mass is 9.81. The van der Waals surface area contributed by atoms with E-state index in [2.05, 4.69) is 0 Å². The van der Waals surface area contributed by atoms with E-state index >= 15 is 0 Å². The Morgan fingerprint density at radius 2 is 1.35 bits per heavy atom. The highest BCUT2D eigenvalue weighted by molar-refractivity contribution is 6.30. The Morgan fingerprint density at radius 1 is 0.700 bits per heavy atom. The largest absolute Gasteiger partial charge is 0.298 e. The fourth-order valence-corrected chi connectivity index (χ4v) is 2.46. The van der Waals surface area contributed by atoms with Crippen LogP contribution in [0.3, 0.4) is 0 Å². The van der Waals surface area contributed by atoms with Gasteiger partial charge in [0.15, 0.2) is 24.1 Å². The molecule has 0 unspecified atom stereocenters. The minimum absolute atomic E-state index is 0.0216. The molecule has 0 N–H and O–H groups in total. The molecule has 1 aliphatic carbocycles. The highest BCUT2D eigenvalue weighted by Crippen LogP contribution is 2.30. The summed E-state index contributed by atoms with van der Waals surface area (Å²) in [6.07, 6.45) is 0.948. The second kappa shape index (κ2) is 4.35. The lowest BCUT2D eigenvalue weighted by molar-refractivity contribution is 0.0975. The fourth-order valence-electron chi connectivity index (χ4n) is 2.46. The van der Waals surface area contributed by atoms with Crippen molar-refractivity contribution in [2.24, 2.45) is 0 Å². The number of aldehydes is 2. The minimum atomic E-state index is -0.402. The van der Waals surface area contributed by atoms with Crippen molar-refractivity contribution in [1.82, 2.24) is 0 Å². The third kappa shape index (κ3) is 1.48. The van der Waals surface area contributed by atoms with Crippen molar-refractivity contribution >= 4 is 24.1 Å². The number of carbonyl (C=O) groups is 4. The summed E-state index contributed by atoms with van der Waals surface area (Å²) >= 11 is 0. The van der Waals surface area contributed by atoms with E-state index in [9.17, 15) is 19.2 Å². The molecule has 2 aromatic carbocycles. The molecule has 4 heteroatoms. The molecule has 0 atom stereocenters. The summed E-state index contributed by atoms with van der Waals surface area (Å²) in [4.78, 5) is 47.0.